The van der Waals surface area contributed by atoms with Crippen molar-refractivity contribution in [3.63, 3.8) is 0 Å². The molecule has 0 saturated carbocycles. The van der Waals surface area contributed by atoms with E-state index in [4.69, 9.17) is 9.47 Å². The van der Waals surface area contributed by atoms with Gasteiger partial charge in [-0.25, -0.2) is 8.61 Å². The highest BCUT2D eigenvalue weighted by Gasteiger charge is 2.41. The monoisotopic (exact) mass is 548 g/mol. The van der Waals surface area contributed by atoms with Crippen molar-refractivity contribution >= 4 is 57.8 Å². The maximum atomic E-state index is 12.1. The number of rotatable bonds is 11. The van der Waals surface area contributed by atoms with Gasteiger partial charge in [-0.1, -0.05) is 0 Å². The summed E-state index contributed by atoms with van der Waals surface area (Å²) in [7, 11) is 2.83. The van der Waals surface area contributed by atoms with Gasteiger partial charge in [0.2, 0.25) is 0 Å². The van der Waals surface area contributed by atoms with Crippen molar-refractivity contribution in [2.45, 2.75) is 65.5 Å². The Bertz CT molecular complexity index is 824. The molecule has 36 heavy (non-hydrogen) atoms. The first-order chi connectivity index (χ1) is 16.6. The molecule has 0 amide bonds. The van der Waals surface area contributed by atoms with Crippen molar-refractivity contribution in [3.05, 3.63) is 0 Å². The molecule has 2 aliphatic heterocycles. The summed E-state index contributed by atoms with van der Waals surface area (Å²) in [6.07, 6.45) is -0.622. The van der Waals surface area contributed by atoms with Crippen molar-refractivity contribution < 1.29 is 47.7 Å². The topological polar surface area (TPSA) is 146 Å². The van der Waals surface area contributed by atoms with E-state index in [2.05, 4.69) is 9.47 Å². The van der Waals surface area contributed by atoms with Crippen LogP contribution in [0.5, 0.6) is 0 Å². The van der Waals surface area contributed by atoms with E-state index >= 15 is 0 Å². The largest absolute Gasteiger partial charge is 0.464 e. The molecular formula is C22H32N2O10S2. The Morgan fingerprint density at radius 3 is 1.33 bits per heavy atom. The Labute approximate surface area is 217 Å². The molecule has 0 aromatic carbocycles. The number of esters is 6. The Kier molecular flexibility index (Phi) is 10.3. The van der Waals surface area contributed by atoms with E-state index in [1.54, 1.807) is 0 Å². The molecule has 0 bridgehead atoms. The van der Waals surface area contributed by atoms with Crippen molar-refractivity contribution in [3.8, 4) is 0 Å². The third-order valence-electron chi connectivity index (χ3n) is 5.10. The van der Waals surface area contributed by atoms with E-state index in [1.807, 2.05) is 50.2 Å². The smallest absolute Gasteiger partial charge is 0.328 e. The lowest BCUT2D eigenvalue weighted by Gasteiger charge is -2.38. The number of hydrogen-bond acceptors (Lipinski definition) is 14. The first kappa shape index (κ1) is 30.1. The van der Waals surface area contributed by atoms with Gasteiger partial charge >= 0.3 is 35.8 Å². The number of cyclic esters (lactones) is 4. The third-order valence-corrected chi connectivity index (χ3v) is 8.26. The summed E-state index contributed by atoms with van der Waals surface area (Å²) in [5.74, 6) is -7.27. The Balaban J connectivity index is 1.86. The average Bonchev–Trinajstić information content (AvgIpc) is 3.26. The molecule has 0 aliphatic carbocycles. The molecular weight excluding hydrogens is 516 g/mol. The molecule has 2 fully saturated rings. The van der Waals surface area contributed by atoms with Crippen LogP contribution in [-0.4, -0.2) is 81.8 Å². The van der Waals surface area contributed by atoms with E-state index < -0.39 is 47.7 Å². The second-order valence-electron chi connectivity index (χ2n) is 10.1. The average molecular weight is 549 g/mol. The van der Waals surface area contributed by atoms with E-state index in [-0.39, 0.29) is 37.1 Å². The predicted octanol–water partition coefficient (Wildman–Crippen LogP) is 1.66. The van der Waals surface area contributed by atoms with Crippen LogP contribution in [0, 0.1) is 11.8 Å². The van der Waals surface area contributed by atoms with Crippen molar-refractivity contribution in [1.29, 1.82) is 0 Å². The quantitative estimate of drug-likeness (QED) is 0.121. The molecule has 2 saturated heterocycles. The lowest BCUT2D eigenvalue weighted by Crippen LogP contribution is -2.41. The Morgan fingerprint density at radius 2 is 1.08 bits per heavy atom. The van der Waals surface area contributed by atoms with Crippen LogP contribution >= 0.6 is 22.0 Å². The predicted molar refractivity (Wildman–Crippen MR) is 128 cm³/mol. The normalized spacial score (nSPS) is 20.7. The van der Waals surface area contributed by atoms with Gasteiger partial charge < -0.3 is 18.9 Å². The molecule has 12 nitrogen and oxygen atoms in total. The molecule has 0 aromatic rings. The van der Waals surface area contributed by atoms with E-state index in [9.17, 15) is 28.8 Å². The molecule has 0 aromatic heterocycles. The van der Waals surface area contributed by atoms with Crippen LogP contribution < -0.4 is 0 Å². The molecule has 202 valence electrons. The van der Waals surface area contributed by atoms with Gasteiger partial charge in [-0.05, 0) is 41.5 Å². The highest BCUT2D eigenvalue weighted by molar-refractivity contribution is 8.74. The van der Waals surface area contributed by atoms with Gasteiger partial charge in [0.25, 0.3) is 0 Å². The summed E-state index contributed by atoms with van der Waals surface area (Å²) in [6, 6.07) is 0. The zero-order valence-electron chi connectivity index (χ0n) is 21.2. The summed E-state index contributed by atoms with van der Waals surface area (Å²) in [4.78, 5) is 69.7. The SMILES string of the molecule is CC(C)(C)N(CCOC(=O)C1CC(=O)OC1=O)SSN(CCOC(=O)C1CC(=O)OC1=O)C(C)(C)C. The molecule has 2 unspecified atom stereocenters. The number of carbonyl (C=O) groups is 6. The number of ether oxygens (including phenoxy) is 4. The van der Waals surface area contributed by atoms with Crippen LogP contribution in [0.1, 0.15) is 54.4 Å². The van der Waals surface area contributed by atoms with E-state index in [0.717, 1.165) is 0 Å². The maximum absolute atomic E-state index is 12.1. The summed E-state index contributed by atoms with van der Waals surface area (Å²) in [6.45, 7) is 12.6. The molecule has 0 spiro atoms. The van der Waals surface area contributed by atoms with Crippen molar-refractivity contribution in [1.82, 2.24) is 8.61 Å². The first-order valence-corrected chi connectivity index (χ1v) is 13.4. The lowest BCUT2D eigenvalue weighted by molar-refractivity contribution is -0.160. The zero-order chi connectivity index (χ0) is 27.3. The Morgan fingerprint density at radius 1 is 0.750 bits per heavy atom. The van der Waals surface area contributed by atoms with Gasteiger partial charge in [0, 0.05) is 46.1 Å². The maximum Gasteiger partial charge on any atom is 0.328 e. The van der Waals surface area contributed by atoms with Gasteiger partial charge in [0.05, 0.1) is 12.8 Å². The zero-order valence-corrected chi connectivity index (χ0v) is 22.8. The Hall–Kier alpha value is -2.16. The summed E-state index contributed by atoms with van der Waals surface area (Å²) < 4.78 is 23.2. The molecule has 0 radical (unpaired) electrons. The first-order valence-electron chi connectivity index (χ1n) is 11.3. The number of nitrogens with zero attached hydrogens (tertiary/aromatic N) is 2. The van der Waals surface area contributed by atoms with E-state index in [0.29, 0.717) is 13.1 Å². The lowest BCUT2D eigenvalue weighted by atomic mass is 10.1. The fraction of sp³-hybridized carbons (Fsp3) is 0.727. The minimum Gasteiger partial charge on any atom is -0.464 e. The highest BCUT2D eigenvalue weighted by atomic mass is 33.1. The molecule has 0 N–H and O–H groups in total. The van der Waals surface area contributed by atoms with Gasteiger partial charge in [0.15, 0.2) is 11.8 Å². The summed E-state index contributed by atoms with van der Waals surface area (Å²) >= 11 is 0. The van der Waals surface area contributed by atoms with Crippen molar-refractivity contribution in [2.24, 2.45) is 11.8 Å². The second kappa shape index (κ2) is 12.4. The highest BCUT2D eigenvalue weighted by Crippen LogP contribution is 2.38. The van der Waals surface area contributed by atoms with Crippen LogP contribution in [0.4, 0.5) is 0 Å². The van der Waals surface area contributed by atoms with Gasteiger partial charge in [0.1, 0.15) is 13.2 Å². The van der Waals surface area contributed by atoms with Gasteiger partial charge in [-0.15, -0.1) is 0 Å². The van der Waals surface area contributed by atoms with Gasteiger partial charge in [-0.3, -0.25) is 28.8 Å². The third kappa shape index (κ3) is 8.75. The summed E-state index contributed by atoms with van der Waals surface area (Å²) in [5, 5.41) is 0. The molecule has 2 heterocycles. The molecule has 2 aliphatic rings. The van der Waals surface area contributed by atoms with Crippen LogP contribution in [0.25, 0.3) is 0 Å². The fourth-order valence-electron chi connectivity index (χ4n) is 3.02. The molecule has 2 atom stereocenters. The number of carbonyl (C=O) groups excluding carboxylic acids is 6. The van der Waals surface area contributed by atoms with Crippen LogP contribution in [0.3, 0.4) is 0 Å². The van der Waals surface area contributed by atoms with Crippen LogP contribution in [0.2, 0.25) is 0 Å². The summed E-state index contributed by atoms with van der Waals surface area (Å²) in [5.41, 5.74) is -0.643. The van der Waals surface area contributed by atoms with Gasteiger partial charge in [-0.2, -0.15) is 0 Å². The molecule has 2 rings (SSSR count). The standard InChI is InChI=1S/C22H32N2O10S2/c1-21(2,3)23(7-9-31-17(27)13-11-15(25)33-19(13)29)35-36-24(22(4,5)6)8-10-32-18(28)14-12-16(26)34-20(14)30/h13-14H,7-12H2,1-6H3. The van der Waals surface area contributed by atoms with E-state index in [1.165, 1.54) is 22.0 Å². The second-order valence-corrected chi connectivity index (χ2v) is 12.2. The number of hydrogen-bond donors (Lipinski definition) is 0. The minimum atomic E-state index is -1.22. The van der Waals surface area contributed by atoms with Crippen molar-refractivity contribution in [2.75, 3.05) is 26.3 Å². The van der Waals surface area contributed by atoms with Crippen LogP contribution in [-0.2, 0) is 47.7 Å². The minimum absolute atomic E-state index is 0.00493. The molecule has 14 heteroatoms. The van der Waals surface area contributed by atoms with Crippen LogP contribution in [0.15, 0.2) is 0 Å². The fourth-order valence-corrected chi connectivity index (χ4v) is 6.20.